The first-order valence-corrected chi connectivity index (χ1v) is 4.40. The van der Waals surface area contributed by atoms with Gasteiger partial charge in [0.25, 0.3) is 0 Å². The number of rotatable bonds is 4. The molecule has 1 rings (SSSR count). The monoisotopic (exact) mass is 191 g/mol. The van der Waals surface area contributed by atoms with Crippen LogP contribution >= 0.6 is 11.6 Å². The van der Waals surface area contributed by atoms with E-state index in [9.17, 15) is 0 Å². The summed E-state index contributed by atoms with van der Waals surface area (Å²) in [5, 5.41) is 3.77. The Bertz CT molecular complexity index is 146. The van der Waals surface area contributed by atoms with Crippen molar-refractivity contribution in [3.05, 3.63) is 11.6 Å². The number of nitrogens with one attached hydrogen (secondary N) is 1. The Morgan fingerprint density at radius 1 is 1.67 bits per heavy atom. The highest BCUT2D eigenvalue weighted by atomic mass is 35.5. The molecule has 0 aromatic carbocycles. The SMILES string of the molecule is C=C(Cl)CNCC1CCOCO1. The molecule has 0 spiro atoms. The Labute approximate surface area is 77.7 Å². The van der Waals surface area contributed by atoms with Gasteiger partial charge in [-0.2, -0.15) is 0 Å². The molecule has 0 aliphatic carbocycles. The first-order chi connectivity index (χ1) is 5.79. The van der Waals surface area contributed by atoms with Crippen LogP contribution in [-0.4, -0.2) is 32.6 Å². The molecule has 1 unspecified atom stereocenters. The Morgan fingerprint density at radius 2 is 2.50 bits per heavy atom. The molecule has 3 nitrogen and oxygen atoms in total. The summed E-state index contributed by atoms with van der Waals surface area (Å²) in [6.07, 6.45) is 1.21. The zero-order chi connectivity index (χ0) is 8.81. The van der Waals surface area contributed by atoms with E-state index >= 15 is 0 Å². The van der Waals surface area contributed by atoms with Crippen molar-refractivity contribution in [1.29, 1.82) is 0 Å². The summed E-state index contributed by atoms with van der Waals surface area (Å²) < 4.78 is 10.3. The normalized spacial score (nSPS) is 23.9. The predicted octanol–water partition coefficient (Wildman–Crippen LogP) is 1.09. The average Bonchev–Trinajstić information content (AvgIpc) is 2.05. The molecule has 1 N–H and O–H groups in total. The van der Waals surface area contributed by atoms with Crippen LogP contribution in [0.2, 0.25) is 0 Å². The largest absolute Gasteiger partial charge is 0.355 e. The topological polar surface area (TPSA) is 30.5 Å². The molecular formula is C8H14ClNO2. The summed E-state index contributed by atoms with van der Waals surface area (Å²) in [5.41, 5.74) is 0. The molecule has 1 saturated heterocycles. The van der Waals surface area contributed by atoms with Gasteiger partial charge in [0.1, 0.15) is 6.79 Å². The molecule has 0 bridgehead atoms. The van der Waals surface area contributed by atoms with Crippen LogP contribution in [0.25, 0.3) is 0 Å². The minimum atomic E-state index is 0.259. The Hall–Kier alpha value is -0.0900. The van der Waals surface area contributed by atoms with Gasteiger partial charge in [-0.25, -0.2) is 0 Å². The van der Waals surface area contributed by atoms with Crippen molar-refractivity contribution in [2.45, 2.75) is 12.5 Å². The summed E-state index contributed by atoms with van der Waals surface area (Å²) in [6, 6.07) is 0. The summed E-state index contributed by atoms with van der Waals surface area (Å²) in [7, 11) is 0. The van der Waals surface area contributed by atoms with Crippen LogP contribution in [0.3, 0.4) is 0 Å². The molecule has 0 saturated carbocycles. The number of hydrogen-bond acceptors (Lipinski definition) is 3. The Morgan fingerprint density at radius 3 is 3.08 bits per heavy atom. The molecule has 1 fully saturated rings. The number of halogens is 1. The molecule has 1 aliphatic heterocycles. The molecular weight excluding hydrogens is 178 g/mol. The fourth-order valence-corrected chi connectivity index (χ4v) is 1.13. The smallest absolute Gasteiger partial charge is 0.147 e. The van der Waals surface area contributed by atoms with Crippen molar-refractivity contribution >= 4 is 11.6 Å². The van der Waals surface area contributed by atoms with Gasteiger partial charge in [0.05, 0.1) is 12.7 Å². The molecule has 0 radical (unpaired) electrons. The average molecular weight is 192 g/mol. The van der Waals surface area contributed by atoms with E-state index in [0.717, 1.165) is 19.6 Å². The van der Waals surface area contributed by atoms with Crippen molar-refractivity contribution in [2.24, 2.45) is 0 Å². The summed E-state index contributed by atoms with van der Waals surface area (Å²) in [5.74, 6) is 0. The minimum Gasteiger partial charge on any atom is -0.355 e. The third-order valence-corrected chi connectivity index (χ3v) is 1.79. The zero-order valence-electron chi connectivity index (χ0n) is 7.01. The summed E-state index contributed by atoms with van der Waals surface area (Å²) in [4.78, 5) is 0. The highest BCUT2D eigenvalue weighted by Crippen LogP contribution is 2.04. The van der Waals surface area contributed by atoms with E-state index in [4.69, 9.17) is 21.1 Å². The lowest BCUT2D eigenvalue weighted by Gasteiger charge is -2.22. The van der Waals surface area contributed by atoms with Crippen LogP contribution in [0.15, 0.2) is 11.6 Å². The van der Waals surface area contributed by atoms with Crippen molar-refractivity contribution in [3.63, 3.8) is 0 Å². The van der Waals surface area contributed by atoms with Gasteiger partial charge in [-0.15, -0.1) is 0 Å². The molecule has 1 aliphatic rings. The second-order valence-corrected chi connectivity index (χ2v) is 3.29. The second kappa shape index (κ2) is 5.54. The van der Waals surface area contributed by atoms with Crippen molar-refractivity contribution in [3.8, 4) is 0 Å². The van der Waals surface area contributed by atoms with Crippen LogP contribution in [0.1, 0.15) is 6.42 Å². The highest BCUT2D eigenvalue weighted by Gasteiger charge is 2.12. The maximum absolute atomic E-state index is 5.57. The first kappa shape index (κ1) is 9.99. The molecule has 1 heterocycles. The highest BCUT2D eigenvalue weighted by molar-refractivity contribution is 6.29. The van der Waals surface area contributed by atoms with Crippen LogP contribution in [0, 0.1) is 0 Å². The van der Waals surface area contributed by atoms with Crippen molar-refractivity contribution < 1.29 is 9.47 Å². The summed E-state index contributed by atoms with van der Waals surface area (Å²) in [6.45, 7) is 6.23. The van der Waals surface area contributed by atoms with E-state index in [1.54, 1.807) is 0 Å². The molecule has 0 aromatic heterocycles. The summed E-state index contributed by atoms with van der Waals surface area (Å²) >= 11 is 5.57. The molecule has 0 amide bonds. The van der Waals surface area contributed by atoms with Gasteiger partial charge in [0.15, 0.2) is 0 Å². The fraction of sp³-hybridized carbons (Fsp3) is 0.750. The number of hydrogen-bond donors (Lipinski definition) is 1. The molecule has 0 aromatic rings. The predicted molar refractivity (Wildman–Crippen MR) is 48.2 cm³/mol. The zero-order valence-corrected chi connectivity index (χ0v) is 7.77. The number of ether oxygens (including phenoxy) is 2. The second-order valence-electron chi connectivity index (χ2n) is 2.75. The van der Waals surface area contributed by atoms with Crippen LogP contribution in [0.5, 0.6) is 0 Å². The first-order valence-electron chi connectivity index (χ1n) is 4.02. The lowest BCUT2D eigenvalue weighted by molar-refractivity contribution is -0.136. The maximum Gasteiger partial charge on any atom is 0.147 e. The van der Waals surface area contributed by atoms with Gasteiger partial charge < -0.3 is 14.8 Å². The minimum absolute atomic E-state index is 0.259. The van der Waals surface area contributed by atoms with Gasteiger partial charge in [0.2, 0.25) is 0 Å². The van der Waals surface area contributed by atoms with Gasteiger partial charge in [-0.05, 0) is 6.42 Å². The molecule has 12 heavy (non-hydrogen) atoms. The van der Waals surface area contributed by atoms with Crippen molar-refractivity contribution in [2.75, 3.05) is 26.5 Å². The van der Waals surface area contributed by atoms with Gasteiger partial charge in [-0.3, -0.25) is 0 Å². The quantitative estimate of drug-likeness (QED) is 0.722. The third kappa shape index (κ3) is 4.07. The lowest BCUT2D eigenvalue weighted by atomic mass is 10.2. The van der Waals surface area contributed by atoms with Crippen molar-refractivity contribution in [1.82, 2.24) is 5.32 Å². The van der Waals surface area contributed by atoms with Gasteiger partial charge in [-0.1, -0.05) is 18.2 Å². The maximum atomic E-state index is 5.57. The van der Waals surface area contributed by atoms with Crippen LogP contribution < -0.4 is 5.32 Å². The molecule has 70 valence electrons. The Kier molecular flexibility index (Phi) is 4.61. The van der Waals surface area contributed by atoms with Gasteiger partial charge in [0, 0.05) is 18.1 Å². The van der Waals surface area contributed by atoms with E-state index in [1.807, 2.05) is 0 Å². The van der Waals surface area contributed by atoms with Crippen LogP contribution in [-0.2, 0) is 9.47 Å². The van der Waals surface area contributed by atoms with Gasteiger partial charge >= 0.3 is 0 Å². The van der Waals surface area contributed by atoms with E-state index in [2.05, 4.69) is 11.9 Å². The van der Waals surface area contributed by atoms with E-state index in [0.29, 0.717) is 18.4 Å². The Balaban J connectivity index is 2.01. The molecule has 4 heteroatoms. The van der Waals surface area contributed by atoms with E-state index < -0.39 is 0 Å². The fourth-order valence-electron chi connectivity index (χ4n) is 1.03. The van der Waals surface area contributed by atoms with Crippen LogP contribution in [0.4, 0.5) is 0 Å². The van der Waals surface area contributed by atoms with E-state index in [-0.39, 0.29) is 6.10 Å². The van der Waals surface area contributed by atoms with E-state index in [1.165, 1.54) is 0 Å². The lowest BCUT2D eigenvalue weighted by Crippen LogP contribution is -2.34. The third-order valence-electron chi connectivity index (χ3n) is 1.66. The molecule has 1 atom stereocenters. The standard InChI is InChI=1S/C8H14ClNO2/c1-7(9)4-10-5-8-2-3-11-6-12-8/h8,10H,1-6H2.